The summed E-state index contributed by atoms with van der Waals surface area (Å²) in [5, 5.41) is 16.8. The third-order valence-electron chi connectivity index (χ3n) is 5.32. The monoisotopic (exact) mass is 430 g/mol. The first-order chi connectivity index (χ1) is 14.0. The number of hydrogen-bond donors (Lipinski definition) is 3. The van der Waals surface area contributed by atoms with Gasteiger partial charge in [-0.15, -0.1) is 0 Å². The minimum atomic E-state index is -0.680. The first-order valence-corrected chi connectivity index (χ1v) is 10.9. The van der Waals surface area contributed by atoms with Crippen LogP contribution in [0.15, 0.2) is 23.4 Å². The van der Waals surface area contributed by atoms with Gasteiger partial charge >= 0.3 is 12.0 Å². The number of ether oxygens (including phenoxy) is 1. The maximum absolute atomic E-state index is 13.1. The summed E-state index contributed by atoms with van der Waals surface area (Å²) in [6.45, 7) is 19.6. The van der Waals surface area contributed by atoms with Crippen LogP contribution < -0.4 is 10.6 Å². The summed E-state index contributed by atoms with van der Waals surface area (Å²) in [5.74, 6) is -0.285. The molecule has 1 aliphatic heterocycles. The molecule has 1 unspecified atom stereocenters. The molecule has 0 aliphatic carbocycles. The Morgan fingerprint density at radius 3 is 1.87 bits per heavy atom. The topological polar surface area (TPSA) is 87.7 Å². The van der Waals surface area contributed by atoms with Gasteiger partial charge in [0.2, 0.25) is 0 Å². The number of phenols is 1. The normalized spacial score (nSPS) is 17.7. The van der Waals surface area contributed by atoms with Gasteiger partial charge in [-0.25, -0.2) is 9.59 Å². The van der Waals surface area contributed by atoms with Gasteiger partial charge in [0.1, 0.15) is 5.75 Å². The zero-order valence-corrected chi connectivity index (χ0v) is 20.6. The second kappa shape index (κ2) is 8.56. The van der Waals surface area contributed by atoms with Gasteiger partial charge in [-0.1, -0.05) is 55.4 Å². The Morgan fingerprint density at radius 1 is 1.00 bits per heavy atom. The molecule has 1 atom stereocenters. The number of carbonyl (C=O) groups excluding carboxylic acids is 2. The van der Waals surface area contributed by atoms with Crippen molar-refractivity contribution >= 4 is 12.0 Å². The van der Waals surface area contributed by atoms with E-state index in [1.807, 2.05) is 67.5 Å². The van der Waals surface area contributed by atoms with Gasteiger partial charge in [0.25, 0.3) is 0 Å². The van der Waals surface area contributed by atoms with Crippen LogP contribution in [0.2, 0.25) is 0 Å². The van der Waals surface area contributed by atoms with Gasteiger partial charge in [0, 0.05) is 5.70 Å². The lowest BCUT2D eigenvalue weighted by Crippen LogP contribution is -2.47. The largest absolute Gasteiger partial charge is 0.507 e. The number of aromatic hydroxyl groups is 1. The number of allylic oxidation sites excluding steroid dienone is 1. The van der Waals surface area contributed by atoms with E-state index in [2.05, 4.69) is 10.6 Å². The maximum atomic E-state index is 13.1. The fourth-order valence-corrected chi connectivity index (χ4v) is 3.76. The highest BCUT2D eigenvalue weighted by Crippen LogP contribution is 2.42. The van der Waals surface area contributed by atoms with Crippen LogP contribution in [0.1, 0.15) is 92.0 Å². The van der Waals surface area contributed by atoms with Crippen LogP contribution in [0.25, 0.3) is 0 Å². The summed E-state index contributed by atoms with van der Waals surface area (Å²) in [6.07, 6.45) is -0.290. The quantitative estimate of drug-likeness (QED) is 0.573. The molecule has 172 valence electrons. The molecule has 6 heteroatoms. The van der Waals surface area contributed by atoms with Gasteiger partial charge < -0.3 is 20.5 Å². The molecular formula is C25H38N2O4. The lowest BCUT2D eigenvalue weighted by Gasteiger charge is -2.34. The van der Waals surface area contributed by atoms with Gasteiger partial charge in [0.15, 0.2) is 0 Å². The van der Waals surface area contributed by atoms with Crippen LogP contribution in [-0.2, 0) is 20.4 Å². The van der Waals surface area contributed by atoms with Crippen LogP contribution in [0.5, 0.6) is 5.75 Å². The van der Waals surface area contributed by atoms with Crippen molar-refractivity contribution in [3.8, 4) is 5.75 Å². The van der Waals surface area contributed by atoms with Gasteiger partial charge in [-0.05, 0) is 59.4 Å². The fraction of sp³-hybridized carbons (Fsp3) is 0.600. The standard InChI is InChI=1S/C25H38N2O4/c1-13(2)19-18(22(29)31-14(3)4)20(27-23(30)26-19)15-11-16(24(5,6)7)21(28)17(12-15)25(8,9)10/h11-14,20,28H,1-10H3,(H2,26,27,30). The fourth-order valence-electron chi connectivity index (χ4n) is 3.76. The van der Waals surface area contributed by atoms with Crippen molar-refractivity contribution in [1.82, 2.24) is 10.6 Å². The summed E-state index contributed by atoms with van der Waals surface area (Å²) in [7, 11) is 0. The third-order valence-corrected chi connectivity index (χ3v) is 5.32. The summed E-state index contributed by atoms with van der Waals surface area (Å²) < 4.78 is 5.54. The first kappa shape index (κ1) is 24.8. The minimum Gasteiger partial charge on any atom is -0.507 e. The Bertz CT molecular complexity index is 864. The predicted octanol–water partition coefficient (Wildman–Crippen LogP) is 5.20. The van der Waals surface area contributed by atoms with Crippen LogP contribution in [-0.4, -0.2) is 23.2 Å². The number of phenolic OH excluding ortho intramolecular Hbond substituents is 1. The molecule has 1 heterocycles. The Balaban J connectivity index is 2.83. The van der Waals surface area contributed by atoms with Crippen molar-refractivity contribution in [2.24, 2.45) is 5.92 Å². The number of rotatable bonds is 4. The molecule has 1 aromatic rings. The van der Waals surface area contributed by atoms with Gasteiger partial charge in [0.05, 0.1) is 17.7 Å². The number of carbonyl (C=O) groups is 2. The van der Waals surface area contributed by atoms with E-state index in [0.29, 0.717) is 11.3 Å². The van der Waals surface area contributed by atoms with Crippen molar-refractivity contribution in [3.63, 3.8) is 0 Å². The highest BCUT2D eigenvalue weighted by Gasteiger charge is 2.37. The molecule has 2 amide bonds. The van der Waals surface area contributed by atoms with Gasteiger partial charge in [-0.2, -0.15) is 0 Å². The molecule has 6 nitrogen and oxygen atoms in total. The Kier molecular flexibility index (Phi) is 6.84. The molecule has 0 radical (unpaired) electrons. The van der Waals surface area contributed by atoms with E-state index >= 15 is 0 Å². The molecule has 0 fully saturated rings. The molecule has 0 spiro atoms. The van der Waals surface area contributed by atoms with E-state index in [1.165, 1.54) is 0 Å². The van der Waals surface area contributed by atoms with Crippen molar-refractivity contribution in [3.05, 3.63) is 40.1 Å². The zero-order valence-electron chi connectivity index (χ0n) is 20.6. The lowest BCUT2D eigenvalue weighted by atomic mass is 9.77. The lowest BCUT2D eigenvalue weighted by molar-refractivity contribution is -0.143. The molecule has 1 aliphatic rings. The Hall–Kier alpha value is -2.50. The second-order valence-electron chi connectivity index (χ2n) is 10.9. The van der Waals surface area contributed by atoms with E-state index in [9.17, 15) is 14.7 Å². The molecule has 1 aromatic carbocycles. The highest BCUT2D eigenvalue weighted by molar-refractivity contribution is 5.95. The van der Waals surface area contributed by atoms with E-state index < -0.39 is 12.0 Å². The molecule has 0 saturated carbocycles. The Labute approximate surface area is 186 Å². The van der Waals surface area contributed by atoms with Crippen LogP contribution in [0.4, 0.5) is 4.79 Å². The molecular weight excluding hydrogens is 392 g/mol. The second-order valence-corrected chi connectivity index (χ2v) is 10.9. The van der Waals surface area contributed by atoms with Crippen molar-refractivity contribution in [1.29, 1.82) is 0 Å². The Morgan fingerprint density at radius 2 is 1.48 bits per heavy atom. The summed E-state index contributed by atoms with van der Waals surface area (Å²) in [4.78, 5) is 25.6. The zero-order chi connectivity index (χ0) is 23.9. The van der Waals surface area contributed by atoms with E-state index in [1.54, 1.807) is 13.8 Å². The first-order valence-electron chi connectivity index (χ1n) is 10.9. The maximum Gasteiger partial charge on any atom is 0.338 e. The number of esters is 1. The molecule has 0 bridgehead atoms. The molecule has 0 saturated heterocycles. The number of amides is 2. The highest BCUT2D eigenvalue weighted by atomic mass is 16.5. The average molecular weight is 431 g/mol. The molecule has 31 heavy (non-hydrogen) atoms. The minimum absolute atomic E-state index is 0.0791. The molecule has 0 aromatic heterocycles. The van der Waals surface area contributed by atoms with Crippen LogP contribution >= 0.6 is 0 Å². The summed E-state index contributed by atoms with van der Waals surface area (Å²) >= 11 is 0. The predicted molar refractivity (Wildman–Crippen MR) is 123 cm³/mol. The van der Waals surface area contributed by atoms with Crippen molar-refractivity contribution in [2.45, 2.75) is 92.2 Å². The van der Waals surface area contributed by atoms with Gasteiger partial charge in [-0.3, -0.25) is 0 Å². The summed E-state index contributed by atoms with van der Waals surface area (Å²) in [5.41, 5.74) is 2.57. The SMILES string of the molecule is CC(C)OC(=O)C1=C(C(C)C)NC(=O)NC1c1cc(C(C)(C)C)c(O)c(C(C)(C)C)c1. The number of benzene rings is 1. The van der Waals surface area contributed by atoms with Crippen LogP contribution in [0, 0.1) is 5.92 Å². The van der Waals surface area contributed by atoms with Crippen LogP contribution in [0.3, 0.4) is 0 Å². The smallest absolute Gasteiger partial charge is 0.338 e. The van der Waals surface area contributed by atoms with E-state index in [0.717, 1.165) is 16.7 Å². The average Bonchev–Trinajstić information content (AvgIpc) is 2.58. The molecule has 2 rings (SSSR count). The number of nitrogens with one attached hydrogen (secondary N) is 2. The van der Waals surface area contributed by atoms with Crippen molar-refractivity contribution in [2.75, 3.05) is 0 Å². The van der Waals surface area contributed by atoms with E-state index in [-0.39, 0.29) is 34.6 Å². The van der Waals surface area contributed by atoms with Crippen molar-refractivity contribution < 1.29 is 19.4 Å². The molecule has 3 N–H and O–H groups in total. The summed E-state index contributed by atoms with van der Waals surface area (Å²) in [6, 6.07) is 2.74. The number of hydrogen-bond acceptors (Lipinski definition) is 4. The number of urea groups is 1. The van der Waals surface area contributed by atoms with E-state index in [4.69, 9.17) is 4.74 Å². The third kappa shape index (κ3) is 5.41.